The second-order valence-corrected chi connectivity index (χ2v) is 5.09. The molecule has 0 N–H and O–H groups in total. The number of hydrogen-bond donors (Lipinski definition) is 1. The third kappa shape index (κ3) is 6.01. The Morgan fingerprint density at radius 3 is 1.42 bits per heavy atom. The predicted molar refractivity (Wildman–Crippen MR) is 84.0 cm³/mol. The molecule has 0 heterocycles. The molecule has 0 saturated carbocycles. The van der Waals surface area contributed by atoms with E-state index in [1.165, 1.54) is 0 Å². The SMILES string of the molecule is CC.Fc1c(F)c(C(F)(F)F)c(F)c(F)c1Br.Sc1ccccc1. The van der Waals surface area contributed by atoms with Gasteiger partial charge >= 0.3 is 6.18 Å². The van der Waals surface area contributed by atoms with E-state index in [9.17, 15) is 30.7 Å². The number of benzene rings is 2. The van der Waals surface area contributed by atoms with Crippen LogP contribution in [0.1, 0.15) is 19.4 Å². The zero-order valence-electron chi connectivity index (χ0n) is 12.4. The number of rotatable bonds is 0. The van der Waals surface area contributed by atoms with Gasteiger partial charge in [0.05, 0.1) is 4.47 Å². The van der Waals surface area contributed by atoms with Gasteiger partial charge in [-0.25, -0.2) is 17.6 Å². The van der Waals surface area contributed by atoms with Crippen LogP contribution in [0, 0.1) is 23.3 Å². The molecule has 0 bridgehead atoms. The Labute approximate surface area is 148 Å². The molecule has 0 spiro atoms. The summed E-state index contributed by atoms with van der Waals surface area (Å²) in [6, 6.07) is 9.79. The molecule has 0 nitrogen and oxygen atoms in total. The van der Waals surface area contributed by atoms with Crippen molar-refractivity contribution < 1.29 is 30.7 Å². The Kier molecular flexibility index (Phi) is 9.42. The standard InChI is InChI=1S/C7BrF7.C6H6S.C2H6/c8-2-5(11)3(9)1(7(13,14)15)4(10)6(2)12;7-6-4-2-1-3-5-6;1-2/h;1-5,7H;1-2H3. The second-order valence-electron chi connectivity index (χ2n) is 3.78. The van der Waals surface area contributed by atoms with Crippen molar-refractivity contribution in [3.8, 4) is 0 Å². The van der Waals surface area contributed by atoms with Crippen molar-refractivity contribution in [2.24, 2.45) is 0 Å². The first-order valence-corrected chi connectivity index (χ1v) is 7.64. The molecule has 9 heteroatoms. The smallest absolute Gasteiger partial charge is 0.203 e. The van der Waals surface area contributed by atoms with Crippen LogP contribution in [-0.4, -0.2) is 0 Å². The highest BCUT2D eigenvalue weighted by molar-refractivity contribution is 9.10. The molecule has 0 radical (unpaired) electrons. The summed E-state index contributed by atoms with van der Waals surface area (Å²) in [7, 11) is 0. The topological polar surface area (TPSA) is 0 Å². The summed E-state index contributed by atoms with van der Waals surface area (Å²) in [6.07, 6.45) is -5.50. The lowest BCUT2D eigenvalue weighted by Crippen LogP contribution is -2.15. The zero-order chi connectivity index (χ0) is 19.1. The van der Waals surface area contributed by atoms with Gasteiger partial charge in [0.2, 0.25) is 0 Å². The van der Waals surface area contributed by atoms with Crippen LogP contribution in [0.2, 0.25) is 0 Å². The fourth-order valence-electron chi connectivity index (χ4n) is 1.28. The molecule has 0 aliphatic carbocycles. The van der Waals surface area contributed by atoms with Gasteiger partial charge in [-0.15, -0.1) is 12.6 Å². The number of thiol groups is 1. The van der Waals surface area contributed by atoms with Crippen molar-refractivity contribution in [3.63, 3.8) is 0 Å². The summed E-state index contributed by atoms with van der Waals surface area (Å²) in [5, 5.41) is 0. The average molecular weight is 437 g/mol. The molecule has 2 aromatic carbocycles. The minimum absolute atomic E-state index is 1.02. The largest absolute Gasteiger partial charge is 0.422 e. The Bertz CT molecular complexity index is 628. The van der Waals surface area contributed by atoms with Crippen LogP contribution in [-0.2, 0) is 6.18 Å². The Morgan fingerprint density at radius 2 is 1.17 bits per heavy atom. The van der Waals surface area contributed by atoms with Gasteiger partial charge < -0.3 is 0 Å². The highest BCUT2D eigenvalue weighted by atomic mass is 79.9. The van der Waals surface area contributed by atoms with Gasteiger partial charge in [-0.2, -0.15) is 13.2 Å². The van der Waals surface area contributed by atoms with Gasteiger partial charge in [0.15, 0.2) is 23.3 Å². The molecule has 0 atom stereocenters. The van der Waals surface area contributed by atoms with Gasteiger partial charge in [0, 0.05) is 4.90 Å². The fourth-order valence-corrected chi connectivity index (χ4v) is 1.80. The summed E-state index contributed by atoms with van der Waals surface area (Å²) < 4.78 is 85.2. The highest BCUT2D eigenvalue weighted by Gasteiger charge is 2.41. The van der Waals surface area contributed by atoms with Crippen molar-refractivity contribution in [3.05, 3.63) is 63.6 Å². The van der Waals surface area contributed by atoms with Crippen molar-refractivity contribution >= 4 is 28.6 Å². The first-order chi connectivity index (χ1) is 11.1. The summed E-state index contributed by atoms with van der Waals surface area (Å²) in [5.74, 6) is -9.20. The maximum Gasteiger partial charge on any atom is 0.422 e. The van der Waals surface area contributed by atoms with Crippen LogP contribution < -0.4 is 0 Å². The third-order valence-corrected chi connectivity index (χ3v) is 3.24. The fraction of sp³-hybridized carbons (Fsp3) is 0.200. The van der Waals surface area contributed by atoms with Gasteiger partial charge in [0.25, 0.3) is 0 Å². The Hall–Kier alpha value is -1.22. The van der Waals surface area contributed by atoms with Crippen molar-refractivity contribution in [2.75, 3.05) is 0 Å². The molecular formula is C15H12BrF7S. The number of hydrogen-bond acceptors (Lipinski definition) is 1. The lowest BCUT2D eigenvalue weighted by Gasteiger charge is -2.11. The van der Waals surface area contributed by atoms with Gasteiger partial charge in [-0.05, 0) is 28.1 Å². The molecule has 0 aliphatic rings. The van der Waals surface area contributed by atoms with Gasteiger partial charge in [-0.1, -0.05) is 32.0 Å². The zero-order valence-corrected chi connectivity index (χ0v) is 14.8. The lowest BCUT2D eigenvalue weighted by atomic mass is 10.1. The highest BCUT2D eigenvalue weighted by Crippen LogP contribution is 2.38. The lowest BCUT2D eigenvalue weighted by molar-refractivity contribution is -0.143. The summed E-state index contributed by atoms with van der Waals surface area (Å²) in [4.78, 5) is 1.02. The van der Waals surface area contributed by atoms with E-state index in [4.69, 9.17) is 0 Å². The first-order valence-electron chi connectivity index (χ1n) is 6.40. The quantitative estimate of drug-likeness (QED) is 0.195. The van der Waals surface area contributed by atoms with E-state index in [0.29, 0.717) is 0 Å². The van der Waals surface area contributed by atoms with E-state index in [0.717, 1.165) is 4.90 Å². The summed E-state index contributed by atoms with van der Waals surface area (Å²) in [5.41, 5.74) is -2.58. The van der Waals surface area contributed by atoms with Crippen LogP contribution in [0.3, 0.4) is 0 Å². The number of alkyl halides is 3. The maximum absolute atomic E-state index is 12.7. The van der Waals surface area contributed by atoms with Crippen LogP contribution in [0.4, 0.5) is 30.7 Å². The van der Waals surface area contributed by atoms with Crippen LogP contribution in [0.15, 0.2) is 39.7 Å². The minimum Gasteiger partial charge on any atom is -0.203 e. The van der Waals surface area contributed by atoms with E-state index in [-0.39, 0.29) is 0 Å². The molecule has 2 rings (SSSR count). The molecule has 0 amide bonds. The monoisotopic (exact) mass is 436 g/mol. The molecule has 24 heavy (non-hydrogen) atoms. The van der Waals surface area contributed by atoms with Crippen LogP contribution in [0.25, 0.3) is 0 Å². The van der Waals surface area contributed by atoms with E-state index < -0.39 is 39.5 Å². The second kappa shape index (κ2) is 9.93. The molecule has 134 valence electrons. The van der Waals surface area contributed by atoms with Crippen molar-refractivity contribution in [2.45, 2.75) is 24.9 Å². The Balaban J connectivity index is 0.000000488. The van der Waals surface area contributed by atoms with E-state index >= 15 is 0 Å². The van der Waals surface area contributed by atoms with Crippen molar-refractivity contribution in [1.29, 1.82) is 0 Å². The normalized spacial score (nSPS) is 10.3. The Morgan fingerprint density at radius 1 is 0.792 bits per heavy atom. The molecule has 0 fully saturated rings. The molecule has 0 saturated heterocycles. The van der Waals surface area contributed by atoms with Gasteiger partial charge in [-0.3, -0.25) is 0 Å². The molecule has 0 aliphatic heterocycles. The molecular weight excluding hydrogens is 425 g/mol. The third-order valence-electron chi connectivity index (χ3n) is 2.25. The maximum atomic E-state index is 12.7. The van der Waals surface area contributed by atoms with E-state index in [1.54, 1.807) is 0 Å². The van der Waals surface area contributed by atoms with Gasteiger partial charge in [0.1, 0.15) is 5.56 Å². The minimum atomic E-state index is -5.50. The summed E-state index contributed by atoms with van der Waals surface area (Å²) in [6.45, 7) is 4.00. The van der Waals surface area contributed by atoms with Crippen LogP contribution in [0.5, 0.6) is 0 Å². The van der Waals surface area contributed by atoms with Crippen LogP contribution >= 0.6 is 28.6 Å². The summed E-state index contributed by atoms with van der Waals surface area (Å²) >= 11 is 6.17. The van der Waals surface area contributed by atoms with E-state index in [2.05, 4.69) is 28.6 Å². The number of halogens is 8. The van der Waals surface area contributed by atoms with E-state index in [1.807, 2.05) is 44.2 Å². The molecule has 2 aromatic rings. The molecule has 0 aromatic heterocycles. The van der Waals surface area contributed by atoms with Crippen molar-refractivity contribution in [1.82, 2.24) is 0 Å². The predicted octanol–water partition coefficient (Wildman–Crippen LogP) is 7.03. The average Bonchev–Trinajstić information content (AvgIpc) is 2.53. The molecule has 0 unspecified atom stereocenters. The first kappa shape index (κ1) is 22.8.